The van der Waals surface area contributed by atoms with Crippen LogP contribution >= 0.6 is 23.1 Å². The summed E-state index contributed by atoms with van der Waals surface area (Å²) in [4.78, 5) is 0. The summed E-state index contributed by atoms with van der Waals surface area (Å²) in [6.07, 6.45) is 1.94. The highest BCUT2D eigenvalue weighted by atomic mass is 32.2. The van der Waals surface area contributed by atoms with Crippen LogP contribution in [0.5, 0.6) is 0 Å². The van der Waals surface area contributed by atoms with Crippen molar-refractivity contribution in [2.24, 2.45) is 0 Å². The smallest absolute Gasteiger partial charge is 0.174 e. The van der Waals surface area contributed by atoms with Gasteiger partial charge in [0.05, 0.1) is 0 Å². The molecule has 1 aromatic heterocycles. The molecule has 0 amide bonds. The largest absolute Gasteiger partial charge is 0.207 e. The lowest BCUT2D eigenvalue weighted by molar-refractivity contribution is 0.628. The van der Waals surface area contributed by atoms with E-state index >= 15 is 0 Å². The minimum atomic E-state index is -0.247. The molecule has 0 atom stereocenters. The predicted octanol–water partition coefficient (Wildman–Crippen LogP) is 3.07. The van der Waals surface area contributed by atoms with E-state index in [1.807, 2.05) is 12.3 Å². The molecular formula is C9H7FN2S2. The number of halogens is 1. The molecule has 2 rings (SSSR count). The van der Waals surface area contributed by atoms with Crippen LogP contribution in [0.4, 0.5) is 4.39 Å². The Morgan fingerprint density at radius 3 is 2.86 bits per heavy atom. The highest BCUT2D eigenvalue weighted by Crippen LogP contribution is 2.27. The summed E-state index contributed by atoms with van der Waals surface area (Å²) in [6, 6.07) is 6.38. The molecule has 0 saturated carbocycles. The molecule has 0 unspecified atom stereocenters. The minimum absolute atomic E-state index is 0.247. The molecular weight excluding hydrogens is 219 g/mol. The second-order valence-corrected chi connectivity index (χ2v) is 4.62. The second-order valence-electron chi connectivity index (χ2n) is 2.59. The standard InChI is InChI=1S/C9H7FN2S2/c1-13-9-12-11-8(14-9)6-3-2-4-7(10)5-6/h2-5H,1H3. The van der Waals surface area contributed by atoms with E-state index < -0.39 is 0 Å². The molecule has 0 aliphatic heterocycles. The number of benzene rings is 1. The van der Waals surface area contributed by atoms with Crippen LogP contribution < -0.4 is 0 Å². The SMILES string of the molecule is CSc1nnc(-c2cccc(F)c2)s1. The van der Waals surface area contributed by atoms with Crippen LogP contribution in [-0.2, 0) is 0 Å². The van der Waals surface area contributed by atoms with Crippen molar-refractivity contribution in [2.45, 2.75) is 4.34 Å². The van der Waals surface area contributed by atoms with Crippen molar-refractivity contribution in [1.29, 1.82) is 0 Å². The van der Waals surface area contributed by atoms with Gasteiger partial charge in [-0.25, -0.2) is 4.39 Å². The average Bonchev–Trinajstić information content (AvgIpc) is 2.66. The summed E-state index contributed by atoms with van der Waals surface area (Å²) < 4.78 is 13.8. The van der Waals surface area contributed by atoms with E-state index in [4.69, 9.17) is 0 Å². The van der Waals surface area contributed by atoms with Crippen LogP contribution in [0.2, 0.25) is 0 Å². The van der Waals surface area contributed by atoms with Gasteiger partial charge >= 0.3 is 0 Å². The molecule has 14 heavy (non-hydrogen) atoms. The van der Waals surface area contributed by atoms with E-state index in [-0.39, 0.29) is 5.82 Å². The first kappa shape index (κ1) is 9.61. The Bertz CT molecular complexity index is 442. The number of thioether (sulfide) groups is 1. The van der Waals surface area contributed by atoms with Crippen LogP contribution in [0.15, 0.2) is 28.6 Å². The summed E-state index contributed by atoms with van der Waals surface area (Å²) in [5.41, 5.74) is 0.780. The third-order valence-corrected chi connectivity index (χ3v) is 3.60. The monoisotopic (exact) mass is 226 g/mol. The molecule has 1 heterocycles. The van der Waals surface area contributed by atoms with Crippen molar-refractivity contribution in [1.82, 2.24) is 10.2 Å². The molecule has 0 fully saturated rings. The van der Waals surface area contributed by atoms with Crippen molar-refractivity contribution in [3.8, 4) is 10.6 Å². The van der Waals surface area contributed by atoms with Crippen LogP contribution in [0.3, 0.4) is 0 Å². The highest BCUT2D eigenvalue weighted by molar-refractivity contribution is 8.00. The summed E-state index contributed by atoms with van der Waals surface area (Å²) in [6.45, 7) is 0. The van der Waals surface area contributed by atoms with E-state index in [0.29, 0.717) is 0 Å². The van der Waals surface area contributed by atoms with Gasteiger partial charge in [-0.05, 0) is 18.4 Å². The van der Waals surface area contributed by atoms with Gasteiger partial charge in [-0.15, -0.1) is 10.2 Å². The van der Waals surface area contributed by atoms with Crippen molar-refractivity contribution >= 4 is 23.1 Å². The number of hydrogen-bond donors (Lipinski definition) is 0. The minimum Gasteiger partial charge on any atom is -0.207 e. The second kappa shape index (κ2) is 4.06. The summed E-state index contributed by atoms with van der Waals surface area (Å²) in [5.74, 6) is -0.247. The number of rotatable bonds is 2. The maximum Gasteiger partial charge on any atom is 0.174 e. The Morgan fingerprint density at radius 2 is 2.21 bits per heavy atom. The zero-order valence-electron chi connectivity index (χ0n) is 7.40. The number of aromatic nitrogens is 2. The lowest BCUT2D eigenvalue weighted by Gasteiger charge is -1.93. The molecule has 0 N–H and O–H groups in total. The Hall–Kier alpha value is -0.940. The molecule has 0 radical (unpaired) electrons. The fourth-order valence-corrected chi connectivity index (χ4v) is 2.30. The normalized spacial score (nSPS) is 10.4. The highest BCUT2D eigenvalue weighted by Gasteiger charge is 2.05. The lowest BCUT2D eigenvalue weighted by atomic mass is 10.2. The Morgan fingerprint density at radius 1 is 1.36 bits per heavy atom. The van der Waals surface area contributed by atoms with Gasteiger partial charge in [0.25, 0.3) is 0 Å². The van der Waals surface area contributed by atoms with Gasteiger partial charge in [0.15, 0.2) is 4.34 Å². The molecule has 0 bridgehead atoms. The van der Waals surface area contributed by atoms with E-state index in [1.165, 1.54) is 35.2 Å². The predicted molar refractivity (Wildman–Crippen MR) is 57.1 cm³/mol. The molecule has 5 heteroatoms. The van der Waals surface area contributed by atoms with Gasteiger partial charge in [0, 0.05) is 5.56 Å². The molecule has 0 saturated heterocycles. The lowest BCUT2D eigenvalue weighted by Crippen LogP contribution is -1.78. The molecule has 0 aliphatic rings. The van der Waals surface area contributed by atoms with Crippen molar-refractivity contribution in [2.75, 3.05) is 6.26 Å². The Labute approximate surface area is 89.2 Å². The van der Waals surface area contributed by atoms with Crippen LogP contribution in [0, 0.1) is 5.82 Å². The zero-order chi connectivity index (χ0) is 9.97. The first-order valence-electron chi connectivity index (χ1n) is 3.93. The first-order chi connectivity index (χ1) is 6.79. The Kier molecular flexibility index (Phi) is 2.79. The topological polar surface area (TPSA) is 25.8 Å². The Balaban J connectivity index is 2.39. The van der Waals surface area contributed by atoms with E-state index in [0.717, 1.165) is 14.9 Å². The van der Waals surface area contributed by atoms with Gasteiger partial charge < -0.3 is 0 Å². The van der Waals surface area contributed by atoms with E-state index in [2.05, 4.69) is 10.2 Å². The fourth-order valence-electron chi connectivity index (χ4n) is 1.03. The fraction of sp³-hybridized carbons (Fsp3) is 0.111. The zero-order valence-corrected chi connectivity index (χ0v) is 9.03. The number of nitrogens with zero attached hydrogens (tertiary/aromatic N) is 2. The van der Waals surface area contributed by atoms with Crippen molar-refractivity contribution < 1.29 is 4.39 Å². The van der Waals surface area contributed by atoms with E-state index in [1.54, 1.807) is 6.07 Å². The van der Waals surface area contributed by atoms with E-state index in [9.17, 15) is 4.39 Å². The van der Waals surface area contributed by atoms with Crippen LogP contribution in [0.25, 0.3) is 10.6 Å². The van der Waals surface area contributed by atoms with Crippen molar-refractivity contribution in [3.63, 3.8) is 0 Å². The molecule has 0 spiro atoms. The summed E-state index contributed by atoms with van der Waals surface area (Å²) >= 11 is 3.01. The number of hydrogen-bond acceptors (Lipinski definition) is 4. The first-order valence-corrected chi connectivity index (χ1v) is 5.97. The molecule has 2 aromatic rings. The maximum absolute atomic E-state index is 12.9. The quantitative estimate of drug-likeness (QED) is 0.736. The van der Waals surface area contributed by atoms with Gasteiger partial charge in [-0.1, -0.05) is 35.2 Å². The van der Waals surface area contributed by atoms with Gasteiger partial charge in [-0.2, -0.15) is 0 Å². The average molecular weight is 226 g/mol. The van der Waals surface area contributed by atoms with Gasteiger partial charge in [0.2, 0.25) is 0 Å². The molecule has 2 nitrogen and oxygen atoms in total. The molecule has 0 aliphatic carbocycles. The third-order valence-electron chi connectivity index (χ3n) is 1.65. The molecule has 1 aromatic carbocycles. The van der Waals surface area contributed by atoms with Crippen LogP contribution in [0.1, 0.15) is 0 Å². The van der Waals surface area contributed by atoms with Crippen molar-refractivity contribution in [3.05, 3.63) is 30.1 Å². The third kappa shape index (κ3) is 1.93. The maximum atomic E-state index is 12.9. The van der Waals surface area contributed by atoms with Gasteiger partial charge in [0.1, 0.15) is 10.8 Å². The summed E-state index contributed by atoms with van der Waals surface area (Å²) in [7, 11) is 0. The van der Waals surface area contributed by atoms with Gasteiger partial charge in [-0.3, -0.25) is 0 Å². The molecule has 72 valence electrons. The summed E-state index contributed by atoms with van der Waals surface area (Å²) in [5, 5.41) is 8.69. The van der Waals surface area contributed by atoms with Crippen LogP contribution in [-0.4, -0.2) is 16.5 Å².